The van der Waals surface area contributed by atoms with Gasteiger partial charge in [-0.25, -0.2) is 0 Å². The van der Waals surface area contributed by atoms with E-state index in [0.717, 1.165) is 0 Å². The molecule has 0 aromatic heterocycles. The van der Waals surface area contributed by atoms with Crippen LogP contribution in [0, 0.1) is 5.92 Å². The summed E-state index contributed by atoms with van der Waals surface area (Å²) in [6, 6.07) is 4.08. The van der Waals surface area contributed by atoms with Crippen LogP contribution in [0.2, 0.25) is 0 Å². The third-order valence-electron chi connectivity index (χ3n) is 2.77. The molecule has 0 heterocycles. The number of ether oxygens (including phenoxy) is 1. The van der Waals surface area contributed by atoms with Crippen LogP contribution in [-0.4, -0.2) is 35.9 Å². The quantitative estimate of drug-likeness (QED) is 0.735. The molecule has 0 bridgehead atoms. The van der Waals surface area contributed by atoms with E-state index in [1.807, 2.05) is 13.8 Å². The van der Waals surface area contributed by atoms with Crippen molar-refractivity contribution in [3.63, 3.8) is 0 Å². The number of aliphatic hydroxyl groups is 1. The lowest BCUT2D eigenvalue weighted by molar-refractivity contribution is 0.0894. The second-order valence-corrected chi connectivity index (χ2v) is 4.39. The van der Waals surface area contributed by atoms with Gasteiger partial charge in [-0.1, -0.05) is 13.8 Å². The zero-order chi connectivity index (χ0) is 13.7. The zero-order valence-electron chi connectivity index (χ0n) is 10.8. The lowest BCUT2D eigenvalue weighted by Crippen LogP contribution is -2.41. The molecule has 0 aliphatic heterocycles. The Labute approximate surface area is 106 Å². The third kappa shape index (κ3) is 3.37. The minimum Gasteiger partial charge on any atom is -0.507 e. The van der Waals surface area contributed by atoms with Gasteiger partial charge in [0.05, 0.1) is 25.3 Å². The van der Waals surface area contributed by atoms with Gasteiger partial charge in [0.25, 0.3) is 5.91 Å². The summed E-state index contributed by atoms with van der Waals surface area (Å²) in [7, 11) is 1.48. The minimum atomic E-state index is -0.431. The molecular weight excluding hydrogens is 234 g/mol. The molecule has 0 radical (unpaired) electrons. The molecule has 1 amide bonds. The Morgan fingerprint density at radius 1 is 1.44 bits per heavy atom. The fourth-order valence-electron chi connectivity index (χ4n) is 1.49. The normalized spacial score (nSPS) is 12.3. The van der Waals surface area contributed by atoms with Crippen LogP contribution in [0.5, 0.6) is 11.5 Å². The Kier molecular flexibility index (Phi) is 4.97. The van der Waals surface area contributed by atoms with E-state index in [9.17, 15) is 9.90 Å². The Morgan fingerprint density at radius 3 is 2.61 bits per heavy atom. The van der Waals surface area contributed by atoms with Crippen molar-refractivity contribution in [2.24, 2.45) is 5.92 Å². The number of nitrogens with one attached hydrogen (secondary N) is 1. The van der Waals surface area contributed by atoms with Crippen LogP contribution < -0.4 is 10.1 Å². The van der Waals surface area contributed by atoms with Gasteiger partial charge in [0.2, 0.25) is 0 Å². The molecular formula is C13H19NO4. The van der Waals surface area contributed by atoms with Gasteiger partial charge in [-0.05, 0) is 24.1 Å². The minimum absolute atomic E-state index is 0.103. The second kappa shape index (κ2) is 6.26. The molecule has 1 aromatic carbocycles. The van der Waals surface area contributed by atoms with Crippen LogP contribution in [0.15, 0.2) is 18.2 Å². The van der Waals surface area contributed by atoms with Gasteiger partial charge < -0.3 is 20.3 Å². The van der Waals surface area contributed by atoms with E-state index in [-0.39, 0.29) is 29.9 Å². The van der Waals surface area contributed by atoms with E-state index in [1.54, 1.807) is 6.07 Å². The Balaban J connectivity index is 2.89. The van der Waals surface area contributed by atoms with Crippen molar-refractivity contribution in [1.82, 2.24) is 5.32 Å². The van der Waals surface area contributed by atoms with Crippen LogP contribution >= 0.6 is 0 Å². The van der Waals surface area contributed by atoms with E-state index in [4.69, 9.17) is 9.84 Å². The van der Waals surface area contributed by atoms with Crippen LogP contribution in [0.4, 0.5) is 0 Å². The predicted molar refractivity (Wildman–Crippen MR) is 67.8 cm³/mol. The molecule has 3 N–H and O–H groups in total. The van der Waals surface area contributed by atoms with Crippen LogP contribution in [0.3, 0.4) is 0 Å². The highest BCUT2D eigenvalue weighted by molar-refractivity contribution is 5.97. The van der Waals surface area contributed by atoms with Gasteiger partial charge >= 0.3 is 0 Å². The number of methoxy groups -OCH3 is 1. The van der Waals surface area contributed by atoms with Crippen molar-refractivity contribution >= 4 is 5.91 Å². The second-order valence-electron chi connectivity index (χ2n) is 4.39. The molecule has 1 rings (SSSR count). The fraction of sp³-hybridized carbons (Fsp3) is 0.462. The summed E-state index contributed by atoms with van der Waals surface area (Å²) in [6.45, 7) is 3.65. The van der Waals surface area contributed by atoms with Crippen molar-refractivity contribution in [3.8, 4) is 11.5 Å². The monoisotopic (exact) mass is 253 g/mol. The molecule has 0 saturated carbocycles. The summed E-state index contributed by atoms with van der Waals surface area (Å²) in [6.07, 6.45) is 0. The van der Waals surface area contributed by atoms with E-state index in [2.05, 4.69) is 5.32 Å². The number of carbonyl (C=O) groups is 1. The Morgan fingerprint density at radius 2 is 2.11 bits per heavy atom. The van der Waals surface area contributed by atoms with Gasteiger partial charge in [-0.2, -0.15) is 0 Å². The highest BCUT2D eigenvalue weighted by Gasteiger charge is 2.18. The first-order valence-corrected chi connectivity index (χ1v) is 5.78. The number of phenols is 1. The van der Waals surface area contributed by atoms with Gasteiger partial charge in [0.1, 0.15) is 11.5 Å². The van der Waals surface area contributed by atoms with Crippen LogP contribution in [-0.2, 0) is 0 Å². The van der Waals surface area contributed by atoms with Gasteiger partial charge in [-0.15, -0.1) is 0 Å². The Bertz CT molecular complexity index is 417. The van der Waals surface area contributed by atoms with Gasteiger partial charge in [0, 0.05) is 0 Å². The number of amides is 1. The molecule has 5 nitrogen and oxygen atoms in total. The summed E-state index contributed by atoms with van der Waals surface area (Å²) in [5.74, 6) is 0.0441. The topological polar surface area (TPSA) is 78.8 Å². The van der Waals surface area contributed by atoms with Crippen molar-refractivity contribution in [2.45, 2.75) is 19.9 Å². The van der Waals surface area contributed by atoms with Gasteiger partial charge in [-0.3, -0.25) is 4.79 Å². The fourth-order valence-corrected chi connectivity index (χ4v) is 1.49. The van der Waals surface area contributed by atoms with E-state index >= 15 is 0 Å². The predicted octanol–water partition coefficient (Wildman–Crippen LogP) is 1.15. The number of benzene rings is 1. The summed E-state index contributed by atoms with van der Waals surface area (Å²) in [4.78, 5) is 12.0. The maximum atomic E-state index is 12.0. The molecule has 5 heteroatoms. The summed E-state index contributed by atoms with van der Waals surface area (Å²) < 4.78 is 5.00. The first kappa shape index (κ1) is 14.3. The van der Waals surface area contributed by atoms with Crippen molar-refractivity contribution in [3.05, 3.63) is 23.8 Å². The number of hydrogen-bond acceptors (Lipinski definition) is 4. The standard InChI is InChI=1S/C13H19NO4/c1-8(2)11(7-15)14-13(17)10-6-9(18-3)4-5-12(10)16/h4-6,8,11,15-16H,7H2,1-3H3,(H,14,17)/t11-/m1/s1. The average Bonchev–Trinajstić information content (AvgIpc) is 2.35. The third-order valence-corrected chi connectivity index (χ3v) is 2.77. The van der Waals surface area contributed by atoms with E-state index in [1.165, 1.54) is 19.2 Å². The molecule has 0 unspecified atom stereocenters. The SMILES string of the molecule is COc1ccc(O)c(C(=O)N[C@H](CO)C(C)C)c1. The van der Waals surface area contributed by atoms with E-state index in [0.29, 0.717) is 5.75 Å². The smallest absolute Gasteiger partial charge is 0.255 e. The first-order chi connectivity index (χ1) is 8.49. The maximum Gasteiger partial charge on any atom is 0.255 e. The number of carbonyl (C=O) groups excluding carboxylic acids is 1. The molecule has 0 spiro atoms. The summed E-state index contributed by atoms with van der Waals surface area (Å²) in [5, 5.41) is 21.5. The maximum absolute atomic E-state index is 12.0. The highest BCUT2D eigenvalue weighted by atomic mass is 16.5. The summed E-state index contributed by atoms with van der Waals surface area (Å²) >= 11 is 0. The largest absolute Gasteiger partial charge is 0.507 e. The van der Waals surface area contributed by atoms with Crippen molar-refractivity contribution in [1.29, 1.82) is 0 Å². The lowest BCUT2D eigenvalue weighted by atomic mass is 10.0. The lowest BCUT2D eigenvalue weighted by Gasteiger charge is -2.20. The number of hydrogen-bond donors (Lipinski definition) is 3. The number of phenolic OH excluding ortho intramolecular Hbond substituents is 1. The number of rotatable bonds is 5. The number of aromatic hydroxyl groups is 1. The molecule has 100 valence electrons. The first-order valence-electron chi connectivity index (χ1n) is 5.78. The molecule has 0 aliphatic rings. The molecule has 1 atom stereocenters. The number of aliphatic hydroxyl groups excluding tert-OH is 1. The van der Waals surface area contributed by atoms with Crippen molar-refractivity contribution in [2.75, 3.05) is 13.7 Å². The Hall–Kier alpha value is -1.75. The van der Waals surface area contributed by atoms with Gasteiger partial charge in [0.15, 0.2) is 0 Å². The molecule has 0 saturated heterocycles. The van der Waals surface area contributed by atoms with E-state index < -0.39 is 5.91 Å². The van der Waals surface area contributed by atoms with Crippen LogP contribution in [0.25, 0.3) is 0 Å². The molecule has 1 aromatic rings. The highest BCUT2D eigenvalue weighted by Crippen LogP contribution is 2.22. The van der Waals surface area contributed by atoms with Crippen LogP contribution in [0.1, 0.15) is 24.2 Å². The molecule has 18 heavy (non-hydrogen) atoms. The molecule has 0 aliphatic carbocycles. The zero-order valence-corrected chi connectivity index (χ0v) is 10.8. The molecule has 0 fully saturated rings. The summed E-state index contributed by atoms with van der Waals surface area (Å²) in [5.41, 5.74) is 0.133. The average molecular weight is 253 g/mol. The van der Waals surface area contributed by atoms with Crippen molar-refractivity contribution < 1.29 is 19.7 Å².